The van der Waals surface area contributed by atoms with Crippen molar-refractivity contribution in [2.75, 3.05) is 40.0 Å². The lowest BCUT2D eigenvalue weighted by Gasteiger charge is -2.19. The number of carbonyl (C=O) groups is 3. The molecular weight excluding hydrogens is 518 g/mol. The molecular formula is C34H63NO6. The van der Waals surface area contributed by atoms with Crippen molar-refractivity contribution in [2.24, 2.45) is 17.8 Å². The van der Waals surface area contributed by atoms with E-state index < -0.39 is 0 Å². The van der Waals surface area contributed by atoms with Gasteiger partial charge < -0.3 is 19.1 Å². The van der Waals surface area contributed by atoms with Crippen LogP contribution in [-0.2, 0) is 28.6 Å². The molecule has 41 heavy (non-hydrogen) atoms. The van der Waals surface area contributed by atoms with Gasteiger partial charge in [0.2, 0.25) is 0 Å². The van der Waals surface area contributed by atoms with Gasteiger partial charge >= 0.3 is 17.9 Å². The molecule has 7 heteroatoms. The fourth-order valence-corrected chi connectivity index (χ4v) is 5.26. The molecule has 2 unspecified atom stereocenters. The van der Waals surface area contributed by atoms with Crippen molar-refractivity contribution < 1.29 is 28.6 Å². The molecule has 0 aromatic carbocycles. The Morgan fingerprint density at radius 2 is 1.15 bits per heavy atom. The molecule has 0 aliphatic carbocycles. The normalized spacial score (nSPS) is 16.2. The lowest BCUT2D eigenvalue weighted by Crippen LogP contribution is -2.29. The predicted octanol–water partition coefficient (Wildman–Crippen LogP) is 7.88. The number of esters is 3. The average molecular weight is 582 g/mol. The fourth-order valence-electron chi connectivity index (χ4n) is 5.26. The number of rotatable bonds is 26. The second-order valence-electron chi connectivity index (χ2n) is 12.7. The highest BCUT2D eigenvalue weighted by Gasteiger charge is 2.28. The molecule has 2 atom stereocenters. The number of hydrogen-bond donors (Lipinski definition) is 0. The Labute approximate surface area is 251 Å². The van der Waals surface area contributed by atoms with Crippen LogP contribution in [-0.4, -0.2) is 62.8 Å². The molecule has 7 nitrogen and oxygen atoms in total. The Bertz CT molecular complexity index is 682. The molecule has 1 aliphatic heterocycles. The molecule has 1 fully saturated rings. The van der Waals surface area contributed by atoms with Crippen molar-refractivity contribution in [2.45, 2.75) is 143 Å². The van der Waals surface area contributed by atoms with Gasteiger partial charge in [0.05, 0.1) is 11.8 Å². The molecule has 1 heterocycles. The quantitative estimate of drug-likeness (QED) is 0.0584. The summed E-state index contributed by atoms with van der Waals surface area (Å²) in [5.41, 5.74) is 0. The Morgan fingerprint density at radius 3 is 1.61 bits per heavy atom. The molecule has 0 spiro atoms. The highest BCUT2D eigenvalue weighted by Crippen LogP contribution is 2.17. The van der Waals surface area contributed by atoms with Crippen LogP contribution in [0.4, 0.5) is 0 Å². The van der Waals surface area contributed by atoms with Gasteiger partial charge in [0, 0.05) is 19.4 Å². The zero-order valence-electron chi connectivity index (χ0n) is 27.1. The van der Waals surface area contributed by atoms with Gasteiger partial charge in [-0.15, -0.1) is 0 Å². The van der Waals surface area contributed by atoms with Gasteiger partial charge in [0.15, 0.2) is 0 Å². The molecule has 0 bridgehead atoms. The van der Waals surface area contributed by atoms with Crippen molar-refractivity contribution in [3.63, 3.8) is 0 Å². The molecule has 0 amide bonds. The summed E-state index contributed by atoms with van der Waals surface area (Å²) in [6, 6.07) is 0. The predicted molar refractivity (Wildman–Crippen MR) is 166 cm³/mol. The van der Waals surface area contributed by atoms with Crippen LogP contribution >= 0.6 is 0 Å². The number of ether oxygens (including phenoxy) is 3. The van der Waals surface area contributed by atoms with Crippen LogP contribution in [0.25, 0.3) is 0 Å². The zero-order valence-corrected chi connectivity index (χ0v) is 27.1. The van der Waals surface area contributed by atoms with Gasteiger partial charge in [-0.05, 0) is 38.8 Å². The fraction of sp³-hybridized carbons (Fsp3) is 0.912. The second-order valence-corrected chi connectivity index (χ2v) is 12.7. The molecule has 0 N–H and O–H groups in total. The molecule has 1 aliphatic rings. The van der Waals surface area contributed by atoms with E-state index in [-0.39, 0.29) is 49.6 Å². The first-order valence-corrected chi connectivity index (χ1v) is 17.0. The summed E-state index contributed by atoms with van der Waals surface area (Å²) in [6.45, 7) is 8.46. The van der Waals surface area contributed by atoms with Crippen LogP contribution in [0.3, 0.4) is 0 Å². The largest absolute Gasteiger partial charge is 0.465 e. The third kappa shape index (κ3) is 21.7. The highest BCUT2D eigenvalue weighted by molar-refractivity contribution is 5.73. The van der Waals surface area contributed by atoms with Gasteiger partial charge in [-0.3, -0.25) is 14.4 Å². The smallest absolute Gasteiger partial charge is 0.310 e. The average Bonchev–Trinajstić information content (AvgIpc) is 3.39. The van der Waals surface area contributed by atoms with E-state index in [1.807, 2.05) is 7.05 Å². The van der Waals surface area contributed by atoms with Crippen LogP contribution in [0.2, 0.25) is 0 Å². The van der Waals surface area contributed by atoms with E-state index in [0.717, 1.165) is 51.5 Å². The summed E-state index contributed by atoms with van der Waals surface area (Å²) in [7, 11) is 1.99. The van der Waals surface area contributed by atoms with Crippen LogP contribution < -0.4 is 0 Å². The summed E-state index contributed by atoms with van der Waals surface area (Å²) in [4.78, 5) is 39.2. The van der Waals surface area contributed by atoms with Crippen LogP contribution in [0, 0.1) is 17.8 Å². The van der Waals surface area contributed by atoms with E-state index in [4.69, 9.17) is 14.2 Å². The molecule has 0 aromatic heterocycles. The number of nitrogens with zero attached hydrogens (tertiary/aromatic N) is 1. The molecule has 0 aromatic rings. The highest BCUT2D eigenvalue weighted by atomic mass is 16.6. The van der Waals surface area contributed by atoms with Crippen LogP contribution in [0.15, 0.2) is 0 Å². The van der Waals surface area contributed by atoms with Gasteiger partial charge in [0.25, 0.3) is 0 Å². The van der Waals surface area contributed by atoms with E-state index in [2.05, 4.69) is 25.7 Å². The van der Waals surface area contributed by atoms with Crippen LogP contribution in [0.5, 0.6) is 0 Å². The van der Waals surface area contributed by atoms with Crippen molar-refractivity contribution in [1.82, 2.24) is 4.90 Å². The van der Waals surface area contributed by atoms with Gasteiger partial charge in [-0.25, -0.2) is 0 Å². The first-order valence-electron chi connectivity index (χ1n) is 17.0. The standard InChI is InChI=1S/C34H63NO6/c1-5-6-7-8-9-10-11-12-13-14-15-16-17-21-32(36)39-26-30(27-40-33(37)22-19-18-20-29(2)3)28-41-34(38)31-23-24-35(4)25-31/h29-31H,5-28H2,1-4H3. The van der Waals surface area contributed by atoms with Crippen molar-refractivity contribution >= 4 is 17.9 Å². The van der Waals surface area contributed by atoms with E-state index in [1.165, 1.54) is 64.2 Å². The van der Waals surface area contributed by atoms with E-state index in [0.29, 0.717) is 25.3 Å². The van der Waals surface area contributed by atoms with E-state index >= 15 is 0 Å². The first-order chi connectivity index (χ1) is 19.8. The maximum absolute atomic E-state index is 12.5. The Balaban J connectivity index is 2.23. The first kappa shape index (κ1) is 37.4. The van der Waals surface area contributed by atoms with Gasteiger partial charge in [-0.2, -0.15) is 0 Å². The molecule has 1 rings (SSSR count). The Hall–Kier alpha value is -1.63. The SMILES string of the molecule is CCCCCCCCCCCCCCCC(=O)OCC(COC(=O)CCCCC(C)C)COC(=O)C1CCN(C)C1. The Kier molecular flexibility index (Phi) is 22.7. The van der Waals surface area contributed by atoms with Crippen molar-refractivity contribution in [3.8, 4) is 0 Å². The summed E-state index contributed by atoms with van der Waals surface area (Å²) in [6.07, 6.45) is 20.9. The van der Waals surface area contributed by atoms with E-state index in [1.54, 1.807) is 0 Å². The topological polar surface area (TPSA) is 82.1 Å². The number of likely N-dealkylation sites (tertiary alicyclic amines) is 1. The minimum absolute atomic E-state index is 0.0890. The lowest BCUT2D eigenvalue weighted by atomic mass is 10.0. The third-order valence-corrected chi connectivity index (χ3v) is 8.04. The number of hydrogen-bond acceptors (Lipinski definition) is 7. The minimum Gasteiger partial charge on any atom is -0.465 e. The lowest BCUT2D eigenvalue weighted by molar-refractivity contribution is -0.155. The van der Waals surface area contributed by atoms with Crippen LogP contribution in [0.1, 0.15) is 143 Å². The monoisotopic (exact) mass is 581 g/mol. The van der Waals surface area contributed by atoms with Crippen molar-refractivity contribution in [3.05, 3.63) is 0 Å². The molecule has 0 saturated carbocycles. The molecule has 240 valence electrons. The third-order valence-electron chi connectivity index (χ3n) is 8.04. The van der Waals surface area contributed by atoms with Gasteiger partial charge in [0.1, 0.15) is 19.8 Å². The molecule has 1 saturated heterocycles. The second kappa shape index (κ2) is 24.9. The minimum atomic E-state index is -0.353. The Morgan fingerprint density at radius 1 is 0.683 bits per heavy atom. The summed E-state index contributed by atoms with van der Waals surface area (Å²) >= 11 is 0. The zero-order chi connectivity index (χ0) is 30.1. The molecule has 0 radical (unpaired) electrons. The summed E-state index contributed by atoms with van der Waals surface area (Å²) < 4.78 is 16.5. The van der Waals surface area contributed by atoms with E-state index in [9.17, 15) is 14.4 Å². The maximum Gasteiger partial charge on any atom is 0.310 e. The summed E-state index contributed by atoms with van der Waals surface area (Å²) in [5, 5.41) is 0. The van der Waals surface area contributed by atoms with Crippen molar-refractivity contribution in [1.29, 1.82) is 0 Å². The summed E-state index contributed by atoms with van der Waals surface area (Å²) in [5.74, 6) is -0.560. The number of carbonyl (C=O) groups excluding carboxylic acids is 3. The maximum atomic E-state index is 12.5. The van der Waals surface area contributed by atoms with Gasteiger partial charge in [-0.1, -0.05) is 111 Å². The number of unbranched alkanes of at least 4 members (excludes halogenated alkanes) is 13.